The van der Waals surface area contributed by atoms with E-state index in [-0.39, 0.29) is 12.5 Å². The molecule has 146 valence electrons. The van der Waals surface area contributed by atoms with Crippen molar-refractivity contribution in [3.05, 3.63) is 61.7 Å². The van der Waals surface area contributed by atoms with Crippen LogP contribution in [0.1, 0.15) is 49.2 Å². The van der Waals surface area contributed by atoms with Gasteiger partial charge < -0.3 is 10.1 Å². The molecule has 0 saturated carbocycles. The van der Waals surface area contributed by atoms with Crippen molar-refractivity contribution >= 4 is 39.6 Å². The lowest BCUT2D eigenvalue weighted by Crippen LogP contribution is -2.15. The molecule has 0 spiro atoms. The number of hydrogen-bond donors (Lipinski definition) is 1. The van der Waals surface area contributed by atoms with Crippen LogP contribution in [0.15, 0.2) is 29.0 Å². The van der Waals surface area contributed by atoms with E-state index < -0.39 is 5.97 Å². The number of esters is 1. The normalized spacial score (nSPS) is 10.8. The molecule has 2 heterocycles. The van der Waals surface area contributed by atoms with Crippen molar-refractivity contribution in [2.24, 2.45) is 0 Å². The molecule has 1 N–H and O–H groups in total. The number of carbonyl (C=O) groups is 2. The Kier molecular flexibility index (Phi) is 6.01. The van der Waals surface area contributed by atoms with E-state index in [0.29, 0.717) is 16.1 Å². The highest BCUT2D eigenvalue weighted by Gasteiger charge is 2.24. The van der Waals surface area contributed by atoms with Crippen molar-refractivity contribution in [3.8, 4) is 11.1 Å². The van der Waals surface area contributed by atoms with Crippen LogP contribution >= 0.6 is 22.7 Å². The molecule has 0 unspecified atom stereocenters. The van der Waals surface area contributed by atoms with Crippen molar-refractivity contribution < 1.29 is 14.3 Å². The molecule has 0 saturated heterocycles. The Hall–Kier alpha value is -2.44. The quantitative estimate of drug-likeness (QED) is 0.511. The summed E-state index contributed by atoms with van der Waals surface area (Å²) >= 11 is 2.89. The van der Waals surface area contributed by atoms with Gasteiger partial charge in [0.15, 0.2) is 0 Å². The van der Waals surface area contributed by atoms with E-state index in [1.165, 1.54) is 16.9 Å². The number of aryl methyl sites for hydroxylation is 3. The summed E-state index contributed by atoms with van der Waals surface area (Å²) in [5.74, 6) is -0.633. The molecule has 4 nitrogen and oxygen atoms in total. The Morgan fingerprint density at radius 1 is 1.04 bits per heavy atom. The van der Waals surface area contributed by atoms with Crippen LogP contribution in [0.4, 0.5) is 5.00 Å². The minimum atomic E-state index is -0.425. The summed E-state index contributed by atoms with van der Waals surface area (Å²) in [7, 11) is 0. The number of anilines is 1. The third kappa shape index (κ3) is 3.88. The lowest BCUT2D eigenvalue weighted by Gasteiger charge is -2.10. The molecular weight excluding hydrogens is 390 g/mol. The number of thiophene rings is 2. The fourth-order valence-electron chi connectivity index (χ4n) is 2.89. The van der Waals surface area contributed by atoms with Crippen LogP contribution in [-0.2, 0) is 4.74 Å². The standard InChI is InChI=1S/C22H23NO3S2/c1-6-26-22(25)19-18(16-8-7-12(2)13(3)9-16)11-28-21(19)23-20(24)17-10-27-15(5)14(17)4/h7-11H,6H2,1-5H3,(H,23,24). The van der Waals surface area contributed by atoms with E-state index in [1.54, 1.807) is 18.3 Å². The highest BCUT2D eigenvalue weighted by Crippen LogP contribution is 2.37. The maximum atomic E-state index is 12.8. The summed E-state index contributed by atoms with van der Waals surface area (Å²) in [4.78, 5) is 26.6. The first-order chi connectivity index (χ1) is 13.3. The van der Waals surface area contributed by atoms with E-state index >= 15 is 0 Å². The van der Waals surface area contributed by atoms with Gasteiger partial charge in [0.25, 0.3) is 5.91 Å². The number of hydrogen-bond acceptors (Lipinski definition) is 5. The third-order valence-electron chi connectivity index (χ3n) is 4.85. The number of nitrogens with one attached hydrogen (secondary N) is 1. The van der Waals surface area contributed by atoms with Crippen LogP contribution in [-0.4, -0.2) is 18.5 Å². The van der Waals surface area contributed by atoms with E-state index in [4.69, 9.17) is 4.74 Å². The van der Waals surface area contributed by atoms with Gasteiger partial charge in [0.1, 0.15) is 10.6 Å². The van der Waals surface area contributed by atoms with E-state index in [0.717, 1.165) is 27.1 Å². The molecule has 0 fully saturated rings. The van der Waals surface area contributed by atoms with Gasteiger partial charge >= 0.3 is 5.97 Å². The van der Waals surface area contributed by atoms with Gasteiger partial charge in [-0.2, -0.15) is 0 Å². The van der Waals surface area contributed by atoms with Gasteiger partial charge in [0.05, 0.1) is 12.2 Å². The highest BCUT2D eigenvalue weighted by molar-refractivity contribution is 7.15. The second kappa shape index (κ2) is 8.29. The van der Waals surface area contributed by atoms with E-state index in [1.807, 2.05) is 43.7 Å². The zero-order valence-corrected chi connectivity index (χ0v) is 18.3. The molecule has 0 bridgehead atoms. The van der Waals surface area contributed by atoms with Crippen molar-refractivity contribution in [1.29, 1.82) is 0 Å². The Bertz CT molecular complexity index is 1050. The molecule has 1 amide bonds. The van der Waals surface area contributed by atoms with Gasteiger partial charge in [-0.3, -0.25) is 4.79 Å². The third-order valence-corrected chi connectivity index (χ3v) is 6.75. The molecule has 3 rings (SSSR count). The first-order valence-electron chi connectivity index (χ1n) is 9.05. The van der Waals surface area contributed by atoms with Crippen LogP contribution in [0, 0.1) is 27.7 Å². The zero-order chi connectivity index (χ0) is 20.4. The fraction of sp³-hybridized carbons (Fsp3) is 0.273. The minimum Gasteiger partial charge on any atom is -0.462 e. The monoisotopic (exact) mass is 413 g/mol. The first-order valence-corrected chi connectivity index (χ1v) is 10.8. The van der Waals surface area contributed by atoms with E-state index in [2.05, 4.69) is 18.3 Å². The SMILES string of the molecule is CCOC(=O)c1c(-c2ccc(C)c(C)c2)csc1NC(=O)c1csc(C)c1C. The Labute approximate surface area is 173 Å². The smallest absolute Gasteiger partial charge is 0.341 e. The number of ether oxygens (including phenoxy) is 1. The summed E-state index contributed by atoms with van der Waals surface area (Å²) in [5, 5.41) is 7.19. The van der Waals surface area contributed by atoms with E-state index in [9.17, 15) is 9.59 Å². The van der Waals surface area contributed by atoms with Crippen LogP contribution in [0.2, 0.25) is 0 Å². The first kappa shape index (κ1) is 20.3. The van der Waals surface area contributed by atoms with Crippen molar-refractivity contribution in [3.63, 3.8) is 0 Å². The second-order valence-corrected chi connectivity index (χ2v) is 8.62. The minimum absolute atomic E-state index is 0.208. The molecule has 28 heavy (non-hydrogen) atoms. The average molecular weight is 414 g/mol. The van der Waals surface area contributed by atoms with Gasteiger partial charge in [-0.05, 0) is 56.9 Å². The summed E-state index contributed by atoms with van der Waals surface area (Å²) in [5.41, 5.74) is 6.06. The second-order valence-electron chi connectivity index (χ2n) is 6.66. The lowest BCUT2D eigenvalue weighted by molar-refractivity contribution is 0.0529. The largest absolute Gasteiger partial charge is 0.462 e. The molecule has 0 aliphatic heterocycles. The van der Waals surface area contributed by atoms with Crippen LogP contribution < -0.4 is 5.32 Å². The maximum Gasteiger partial charge on any atom is 0.341 e. The number of carbonyl (C=O) groups excluding carboxylic acids is 2. The summed E-state index contributed by atoms with van der Waals surface area (Å²) in [6.45, 7) is 10.1. The van der Waals surface area contributed by atoms with Crippen molar-refractivity contribution in [2.75, 3.05) is 11.9 Å². The Morgan fingerprint density at radius 3 is 2.39 bits per heavy atom. The van der Waals surface area contributed by atoms with Crippen LogP contribution in [0.3, 0.4) is 0 Å². The molecule has 0 aliphatic carbocycles. The summed E-state index contributed by atoms with van der Waals surface area (Å²) < 4.78 is 5.28. The number of benzene rings is 1. The van der Waals surface area contributed by atoms with Crippen LogP contribution in [0.25, 0.3) is 11.1 Å². The Balaban J connectivity index is 2.02. The lowest BCUT2D eigenvalue weighted by atomic mass is 9.99. The summed E-state index contributed by atoms with van der Waals surface area (Å²) in [6, 6.07) is 6.08. The van der Waals surface area contributed by atoms with Crippen molar-refractivity contribution in [2.45, 2.75) is 34.6 Å². The van der Waals surface area contributed by atoms with Gasteiger partial charge in [-0.25, -0.2) is 4.79 Å². The maximum absolute atomic E-state index is 12.8. The van der Waals surface area contributed by atoms with Gasteiger partial charge in [-0.15, -0.1) is 22.7 Å². The van der Waals surface area contributed by atoms with Gasteiger partial charge in [0, 0.05) is 21.2 Å². The molecule has 3 aromatic rings. The Morgan fingerprint density at radius 2 is 1.79 bits per heavy atom. The van der Waals surface area contributed by atoms with Gasteiger partial charge in [-0.1, -0.05) is 18.2 Å². The number of amides is 1. The topological polar surface area (TPSA) is 55.4 Å². The average Bonchev–Trinajstić information content (AvgIpc) is 3.21. The predicted octanol–water partition coefficient (Wildman–Crippen LogP) is 6.14. The van der Waals surface area contributed by atoms with Crippen molar-refractivity contribution in [1.82, 2.24) is 0 Å². The molecule has 2 aromatic heterocycles. The zero-order valence-electron chi connectivity index (χ0n) is 16.6. The molecule has 0 atom stereocenters. The highest BCUT2D eigenvalue weighted by atomic mass is 32.1. The van der Waals surface area contributed by atoms with Gasteiger partial charge in [0.2, 0.25) is 0 Å². The fourth-order valence-corrected chi connectivity index (χ4v) is 4.70. The molecular formula is C22H23NO3S2. The molecule has 0 aliphatic rings. The summed E-state index contributed by atoms with van der Waals surface area (Å²) in [6.07, 6.45) is 0. The molecule has 6 heteroatoms. The predicted molar refractivity (Wildman–Crippen MR) is 117 cm³/mol. The number of rotatable bonds is 5. The molecule has 1 aromatic carbocycles. The molecule has 0 radical (unpaired) electrons. The van der Waals surface area contributed by atoms with Crippen LogP contribution in [0.5, 0.6) is 0 Å².